The lowest BCUT2D eigenvalue weighted by atomic mass is 10.1. The SMILES string of the molecule is C[C@H](O)[C@@H]1OC(=O)C[C@@H]1[Si](C)(C)C. The van der Waals surface area contributed by atoms with E-state index in [1.165, 1.54) is 0 Å². The minimum absolute atomic E-state index is 0.154. The van der Waals surface area contributed by atoms with Crippen molar-refractivity contribution in [2.45, 2.75) is 50.7 Å². The van der Waals surface area contributed by atoms with Crippen molar-refractivity contribution in [2.75, 3.05) is 0 Å². The topological polar surface area (TPSA) is 46.5 Å². The van der Waals surface area contributed by atoms with Gasteiger partial charge in [-0.05, 0) is 6.92 Å². The zero-order valence-electron chi connectivity index (χ0n) is 8.70. The van der Waals surface area contributed by atoms with E-state index < -0.39 is 14.2 Å². The van der Waals surface area contributed by atoms with Crippen molar-refractivity contribution >= 4 is 14.0 Å². The Morgan fingerprint density at radius 2 is 2.08 bits per heavy atom. The molecule has 0 amide bonds. The van der Waals surface area contributed by atoms with E-state index in [4.69, 9.17) is 4.74 Å². The van der Waals surface area contributed by atoms with Gasteiger partial charge in [0.05, 0.1) is 14.2 Å². The van der Waals surface area contributed by atoms with Gasteiger partial charge < -0.3 is 9.84 Å². The van der Waals surface area contributed by atoms with Crippen LogP contribution in [0, 0.1) is 0 Å². The zero-order valence-corrected chi connectivity index (χ0v) is 9.70. The van der Waals surface area contributed by atoms with Gasteiger partial charge in [-0.15, -0.1) is 0 Å². The summed E-state index contributed by atoms with van der Waals surface area (Å²) in [5.41, 5.74) is 0.264. The molecular formula is C9H18O3Si. The molecule has 3 nitrogen and oxygen atoms in total. The van der Waals surface area contributed by atoms with Crippen molar-refractivity contribution < 1.29 is 14.6 Å². The fraction of sp³-hybridized carbons (Fsp3) is 0.889. The Morgan fingerprint density at radius 3 is 2.38 bits per heavy atom. The summed E-state index contributed by atoms with van der Waals surface area (Å²) in [7, 11) is -1.40. The van der Waals surface area contributed by atoms with Gasteiger partial charge in [0, 0.05) is 12.0 Å². The van der Waals surface area contributed by atoms with E-state index in [1.807, 2.05) is 0 Å². The second-order valence-corrected chi connectivity index (χ2v) is 10.3. The Morgan fingerprint density at radius 1 is 1.54 bits per heavy atom. The van der Waals surface area contributed by atoms with E-state index in [-0.39, 0.29) is 17.6 Å². The molecule has 0 bridgehead atoms. The van der Waals surface area contributed by atoms with Gasteiger partial charge in [-0.1, -0.05) is 19.6 Å². The molecule has 0 radical (unpaired) electrons. The van der Waals surface area contributed by atoms with Gasteiger partial charge in [-0.2, -0.15) is 0 Å². The van der Waals surface area contributed by atoms with Crippen molar-refractivity contribution in [3.8, 4) is 0 Å². The maximum atomic E-state index is 11.1. The highest BCUT2D eigenvalue weighted by molar-refractivity contribution is 6.78. The van der Waals surface area contributed by atoms with E-state index >= 15 is 0 Å². The molecule has 4 heteroatoms. The number of carbonyl (C=O) groups excluding carboxylic acids is 1. The Kier molecular flexibility index (Phi) is 2.82. The van der Waals surface area contributed by atoms with E-state index in [2.05, 4.69) is 19.6 Å². The summed E-state index contributed by atoms with van der Waals surface area (Å²) >= 11 is 0. The molecular weight excluding hydrogens is 184 g/mol. The molecule has 1 aliphatic rings. The number of rotatable bonds is 2. The predicted molar refractivity (Wildman–Crippen MR) is 53.3 cm³/mol. The normalized spacial score (nSPS) is 31.6. The van der Waals surface area contributed by atoms with Crippen LogP contribution in [0.15, 0.2) is 0 Å². The summed E-state index contributed by atoms with van der Waals surface area (Å²) in [5.74, 6) is -0.154. The number of carbonyl (C=O) groups is 1. The van der Waals surface area contributed by atoms with Crippen LogP contribution in [0.4, 0.5) is 0 Å². The second-order valence-electron chi connectivity index (χ2n) is 4.87. The number of hydrogen-bond acceptors (Lipinski definition) is 3. The van der Waals surface area contributed by atoms with Gasteiger partial charge in [0.2, 0.25) is 0 Å². The molecule has 0 saturated carbocycles. The Balaban J connectivity index is 2.78. The van der Waals surface area contributed by atoms with Crippen LogP contribution < -0.4 is 0 Å². The molecule has 1 fully saturated rings. The summed E-state index contributed by atoms with van der Waals surface area (Å²) in [4.78, 5) is 11.1. The van der Waals surface area contributed by atoms with Crippen molar-refractivity contribution in [2.24, 2.45) is 0 Å². The second kappa shape index (κ2) is 3.42. The van der Waals surface area contributed by atoms with Crippen molar-refractivity contribution in [3.63, 3.8) is 0 Å². The number of aliphatic hydroxyl groups excluding tert-OH is 1. The molecule has 0 unspecified atom stereocenters. The summed E-state index contributed by atoms with van der Waals surface area (Å²) in [5, 5.41) is 9.45. The van der Waals surface area contributed by atoms with Crippen LogP contribution in [0.1, 0.15) is 13.3 Å². The molecule has 0 aromatic heterocycles. The average Bonchev–Trinajstić information content (AvgIpc) is 2.29. The lowest BCUT2D eigenvalue weighted by Gasteiger charge is -2.29. The Hall–Kier alpha value is -0.353. The van der Waals surface area contributed by atoms with Crippen LogP contribution in [0.5, 0.6) is 0 Å². The molecule has 1 saturated heterocycles. The van der Waals surface area contributed by atoms with Gasteiger partial charge in [0.25, 0.3) is 0 Å². The van der Waals surface area contributed by atoms with Crippen LogP contribution in [0.2, 0.25) is 25.2 Å². The van der Waals surface area contributed by atoms with Gasteiger partial charge >= 0.3 is 5.97 Å². The van der Waals surface area contributed by atoms with Gasteiger partial charge in [0.1, 0.15) is 6.10 Å². The van der Waals surface area contributed by atoms with Crippen LogP contribution >= 0.6 is 0 Å². The fourth-order valence-corrected chi connectivity index (χ4v) is 3.92. The van der Waals surface area contributed by atoms with Crippen LogP contribution in [-0.2, 0) is 9.53 Å². The summed E-state index contributed by atoms with van der Waals surface area (Å²) in [6.07, 6.45) is -0.312. The largest absolute Gasteiger partial charge is 0.460 e. The van der Waals surface area contributed by atoms with Crippen LogP contribution in [0.3, 0.4) is 0 Å². The lowest BCUT2D eigenvalue weighted by Crippen LogP contribution is -2.38. The standard InChI is InChI=1S/C9H18O3Si/c1-6(10)9-7(13(2,3)4)5-8(11)12-9/h6-7,9-10H,5H2,1-4H3/t6-,7-,9-/m0/s1. The highest BCUT2D eigenvalue weighted by Crippen LogP contribution is 2.38. The molecule has 76 valence electrons. The van der Waals surface area contributed by atoms with E-state index in [9.17, 15) is 9.90 Å². The first kappa shape index (κ1) is 10.7. The minimum Gasteiger partial charge on any atom is -0.460 e. The number of aliphatic hydroxyl groups is 1. The van der Waals surface area contributed by atoms with Crippen LogP contribution in [0.25, 0.3) is 0 Å². The fourth-order valence-electron chi connectivity index (χ4n) is 1.81. The molecule has 13 heavy (non-hydrogen) atoms. The highest BCUT2D eigenvalue weighted by Gasteiger charge is 2.44. The zero-order chi connectivity index (χ0) is 10.2. The average molecular weight is 202 g/mol. The summed E-state index contributed by atoms with van der Waals surface area (Å²) < 4.78 is 5.11. The summed E-state index contributed by atoms with van der Waals surface area (Å²) in [6, 6.07) is 0. The third-order valence-electron chi connectivity index (χ3n) is 2.64. The number of hydrogen-bond donors (Lipinski definition) is 1. The number of ether oxygens (including phenoxy) is 1. The van der Waals surface area contributed by atoms with E-state index in [1.54, 1.807) is 6.92 Å². The van der Waals surface area contributed by atoms with Gasteiger partial charge in [-0.25, -0.2) is 0 Å². The van der Waals surface area contributed by atoms with E-state index in [0.717, 1.165) is 0 Å². The Labute approximate surface area is 80.1 Å². The molecule has 1 heterocycles. The quantitative estimate of drug-likeness (QED) is 0.544. The smallest absolute Gasteiger partial charge is 0.306 e. The molecule has 0 aromatic carbocycles. The molecule has 1 rings (SSSR count). The molecule has 0 aromatic rings. The number of esters is 1. The van der Waals surface area contributed by atoms with Gasteiger partial charge in [0.15, 0.2) is 0 Å². The first-order valence-electron chi connectivity index (χ1n) is 4.70. The summed E-state index contributed by atoms with van der Waals surface area (Å²) in [6.45, 7) is 8.30. The monoisotopic (exact) mass is 202 g/mol. The maximum Gasteiger partial charge on any atom is 0.306 e. The Bertz CT molecular complexity index is 207. The predicted octanol–water partition coefficient (Wildman–Crippen LogP) is 1.39. The molecule has 0 aliphatic carbocycles. The van der Waals surface area contributed by atoms with Crippen molar-refractivity contribution in [1.82, 2.24) is 0 Å². The van der Waals surface area contributed by atoms with Crippen molar-refractivity contribution in [3.05, 3.63) is 0 Å². The minimum atomic E-state index is -1.40. The van der Waals surface area contributed by atoms with Gasteiger partial charge in [-0.3, -0.25) is 4.79 Å². The number of cyclic esters (lactones) is 1. The maximum absolute atomic E-state index is 11.1. The lowest BCUT2D eigenvalue weighted by molar-refractivity contribution is -0.144. The first-order chi connectivity index (χ1) is 5.82. The molecule has 1 aliphatic heterocycles. The third kappa shape index (κ3) is 2.31. The van der Waals surface area contributed by atoms with Crippen LogP contribution in [-0.4, -0.2) is 31.4 Å². The molecule has 0 spiro atoms. The first-order valence-corrected chi connectivity index (χ1v) is 8.27. The molecule has 3 atom stereocenters. The highest BCUT2D eigenvalue weighted by atomic mass is 28.3. The van der Waals surface area contributed by atoms with E-state index in [0.29, 0.717) is 6.42 Å². The third-order valence-corrected chi connectivity index (χ3v) is 5.40. The van der Waals surface area contributed by atoms with Crippen molar-refractivity contribution in [1.29, 1.82) is 0 Å². The molecule has 1 N–H and O–H groups in total.